The fourth-order valence-electron chi connectivity index (χ4n) is 4.11. The molecule has 0 atom stereocenters. The third kappa shape index (κ3) is 4.22. The molecule has 5 nitrogen and oxygen atoms in total. The van der Waals surface area contributed by atoms with Crippen LogP contribution in [-0.4, -0.2) is 28.8 Å². The molecule has 30 heavy (non-hydrogen) atoms. The summed E-state index contributed by atoms with van der Waals surface area (Å²) in [7, 11) is 0. The molecule has 1 amide bonds. The zero-order chi connectivity index (χ0) is 21.1. The minimum absolute atomic E-state index is 0.189. The molecule has 0 spiro atoms. The fourth-order valence-corrected chi connectivity index (χ4v) is 4.11. The lowest BCUT2D eigenvalue weighted by atomic mass is 10.1. The molecule has 2 aromatic carbocycles. The SMILES string of the molecule is Cc1nn(-c2ccc(F)cc2)c(C)c1C(=O)Nc1cccc(N2CCCCCC2)c1. The van der Waals surface area contributed by atoms with Crippen molar-refractivity contribution in [1.82, 2.24) is 9.78 Å². The first-order valence-corrected chi connectivity index (χ1v) is 10.5. The first-order valence-electron chi connectivity index (χ1n) is 10.5. The number of carbonyl (C=O) groups excluding carboxylic acids is 1. The van der Waals surface area contributed by atoms with E-state index in [0.29, 0.717) is 11.3 Å². The maximum absolute atomic E-state index is 13.3. The lowest BCUT2D eigenvalue weighted by molar-refractivity contribution is 0.102. The van der Waals surface area contributed by atoms with Gasteiger partial charge in [0.25, 0.3) is 5.91 Å². The van der Waals surface area contributed by atoms with E-state index in [0.717, 1.165) is 35.8 Å². The number of anilines is 2. The number of halogens is 1. The molecule has 0 bridgehead atoms. The van der Waals surface area contributed by atoms with Gasteiger partial charge in [-0.2, -0.15) is 5.10 Å². The van der Waals surface area contributed by atoms with Crippen LogP contribution in [0.5, 0.6) is 0 Å². The van der Waals surface area contributed by atoms with E-state index in [1.165, 1.54) is 37.8 Å². The van der Waals surface area contributed by atoms with Crippen LogP contribution < -0.4 is 10.2 Å². The number of nitrogens with zero attached hydrogens (tertiary/aromatic N) is 3. The van der Waals surface area contributed by atoms with Crippen LogP contribution in [0.15, 0.2) is 48.5 Å². The molecule has 1 aliphatic rings. The number of aromatic nitrogens is 2. The first kappa shape index (κ1) is 20.1. The van der Waals surface area contributed by atoms with E-state index in [9.17, 15) is 9.18 Å². The Balaban J connectivity index is 1.56. The number of hydrogen-bond acceptors (Lipinski definition) is 3. The molecule has 1 N–H and O–H groups in total. The molecular formula is C24H27FN4O. The third-order valence-corrected chi connectivity index (χ3v) is 5.66. The summed E-state index contributed by atoms with van der Waals surface area (Å²) in [6.07, 6.45) is 4.97. The second-order valence-electron chi connectivity index (χ2n) is 7.84. The van der Waals surface area contributed by atoms with E-state index >= 15 is 0 Å². The average molecular weight is 407 g/mol. The summed E-state index contributed by atoms with van der Waals surface area (Å²) in [5, 5.41) is 7.53. The first-order chi connectivity index (χ1) is 14.5. The standard InChI is InChI=1S/C24H27FN4O/c1-17-23(18(2)29(27-17)21-12-10-19(25)11-13-21)24(30)26-20-8-7-9-22(16-20)28-14-5-3-4-6-15-28/h7-13,16H,3-6,14-15H2,1-2H3,(H,26,30). The van der Waals surface area contributed by atoms with Gasteiger partial charge in [0.2, 0.25) is 0 Å². The molecule has 0 unspecified atom stereocenters. The van der Waals surface area contributed by atoms with Gasteiger partial charge in [-0.05, 0) is 69.2 Å². The van der Waals surface area contributed by atoms with E-state index in [1.807, 2.05) is 32.0 Å². The van der Waals surface area contributed by atoms with E-state index in [4.69, 9.17) is 0 Å². The minimum Gasteiger partial charge on any atom is -0.371 e. The van der Waals surface area contributed by atoms with Crippen LogP contribution >= 0.6 is 0 Å². The summed E-state index contributed by atoms with van der Waals surface area (Å²) in [5.74, 6) is -0.492. The molecule has 0 aliphatic carbocycles. The molecule has 3 aromatic rings. The fraction of sp³-hybridized carbons (Fsp3) is 0.333. The minimum atomic E-state index is -0.303. The Morgan fingerprint density at radius 1 is 0.967 bits per heavy atom. The highest BCUT2D eigenvalue weighted by Gasteiger charge is 2.20. The third-order valence-electron chi connectivity index (χ3n) is 5.66. The molecule has 6 heteroatoms. The second-order valence-corrected chi connectivity index (χ2v) is 7.84. The topological polar surface area (TPSA) is 50.2 Å². The van der Waals surface area contributed by atoms with Crippen molar-refractivity contribution in [3.8, 4) is 5.69 Å². The van der Waals surface area contributed by atoms with Crippen LogP contribution in [0.2, 0.25) is 0 Å². The van der Waals surface area contributed by atoms with Crippen LogP contribution in [0.25, 0.3) is 5.69 Å². The maximum Gasteiger partial charge on any atom is 0.259 e. The van der Waals surface area contributed by atoms with Crippen LogP contribution in [0, 0.1) is 19.7 Å². The lowest BCUT2D eigenvalue weighted by Crippen LogP contribution is -2.24. The Bertz CT molecular complexity index is 1030. The summed E-state index contributed by atoms with van der Waals surface area (Å²) >= 11 is 0. The Labute approximate surface area is 176 Å². The number of amides is 1. The number of aryl methyl sites for hydroxylation is 1. The molecule has 0 saturated carbocycles. The van der Waals surface area contributed by atoms with Crippen LogP contribution in [0.3, 0.4) is 0 Å². The molecule has 1 aromatic heterocycles. The number of benzene rings is 2. The molecule has 4 rings (SSSR count). The van der Waals surface area contributed by atoms with Crippen molar-refractivity contribution in [2.75, 3.05) is 23.3 Å². The Kier molecular flexibility index (Phi) is 5.84. The number of rotatable bonds is 4. The number of nitrogens with one attached hydrogen (secondary N) is 1. The van der Waals surface area contributed by atoms with Crippen LogP contribution in [0.4, 0.5) is 15.8 Å². The predicted octanol–water partition coefficient (Wildman–Crippen LogP) is 5.26. The van der Waals surface area contributed by atoms with Gasteiger partial charge in [-0.15, -0.1) is 0 Å². The highest BCUT2D eigenvalue weighted by atomic mass is 19.1. The van der Waals surface area contributed by atoms with Crippen LogP contribution in [0.1, 0.15) is 47.4 Å². The Hall–Kier alpha value is -3.15. The number of carbonyl (C=O) groups is 1. The van der Waals surface area contributed by atoms with E-state index in [-0.39, 0.29) is 11.7 Å². The normalized spacial score (nSPS) is 14.4. The average Bonchev–Trinajstić information content (AvgIpc) is 2.90. The van der Waals surface area contributed by atoms with E-state index in [1.54, 1.807) is 16.8 Å². The molecule has 1 aliphatic heterocycles. The van der Waals surface area contributed by atoms with Gasteiger partial charge in [0.05, 0.1) is 22.6 Å². The van der Waals surface area contributed by atoms with Gasteiger partial charge in [-0.1, -0.05) is 18.9 Å². The highest BCUT2D eigenvalue weighted by Crippen LogP contribution is 2.24. The molecule has 1 saturated heterocycles. The highest BCUT2D eigenvalue weighted by molar-refractivity contribution is 6.06. The zero-order valence-corrected chi connectivity index (χ0v) is 17.5. The summed E-state index contributed by atoms with van der Waals surface area (Å²) in [6.45, 7) is 5.78. The van der Waals surface area contributed by atoms with Gasteiger partial charge < -0.3 is 10.2 Å². The Morgan fingerprint density at radius 3 is 2.37 bits per heavy atom. The van der Waals surface area contributed by atoms with Gasteiger partial charge in [0.15, 0.2) is 0 Å². The Morgan fingerprint density at radius 2 is 1.67 bits per heavy atom. The largest absolute Gasteiger partial charge is 0.371 e. The smallest absolute Gasteiger partial charge is 0.259 e. The van der Waals surface area contributed by atoms with Crippen molar-refractivity contribution in [1.29, 1.82) is 0 Å². The van der Waals surface area contributed by atoms with Crippen molar-refractivity contribution in [2.45, 2.75) is 39.5 Å². The van der Waals surface area contributed by atoms with E-state index in [2.05, 4.69) is 21.4 Å². The van der Waals surface area contributed by atoms with Crippen molar-refractivity contribution in [2.24, 2.45) is 0 Å². The van der Waals surface area contributed by atoms with Crippen molar-refractivity contribution in [3.63, 3.8) is 0 Å². The molecule has 156 valence electrons. The van der Waals surface area contributed by atoms with Crippen molar-refractivity contribution < 1.29 is 9.18 Å². The summed E-state index contributed by atoms with van der Waals surface area (Å²) in [4.78, 5) is 15.5. The molecule has 0 radical (unpaired) electrons. The maximum atomic E-state index is 13.3. The second kappa shape index (κ2) is 8.69. The monoisotopic (exact) mass is 406 g/mol. The summed E-state index contributed by atoms with van der Waals surface area (Å²) < 4.78 is 14.9. The van der Waals surface area contributed by atoms with Crippen molar-refractivity contribution >= 4 is 17.3 Å². The van der Waals surface area contributed by atoms with Crippen LogP contribution in [-0.2, 0) is 0 Å². The van der Waals surface area contributed by atoms with Crippen molar-refractivity contribution in [3.05, 3.63) is 71.3 Å². The zero-order valence-electron chi connectivity index (χ0n) is 17.5. The molecular weight excluding hydrogens is 379 g/mol. The van der Waals surface area contributed by atoms with Gasteiger partial charge in [0, 0.05) is 24.5 Å². The summed E-state index contributed by atoms with van der Waals surface area (Å²) in [5.41, 5.74) is 4.54. The molecule has 1 fully saturated rings. The number of hydrogen-bond donors (Lipinski definition) is 1. The van der Waals surface area contributed by atoms with Gasteiger partial charge in [0.1, 0.15) is 5.82 Å². The predicted molar refractivity (Wildman–Crippen MR) is 118 cm³/mol. The summed E-state index contributed by atoms with van der Waals surface area (Å²) in [6, 6.07) is 14.1. The van der Waals surface area contributed by atoms with Gasteiger partial charge >= 0.3 is 0 Å². The van der Waals surface area contributed by atoms with E-state index < -0.39 is 0 Å². The lowest BCUT2D eigenvalue weighted by Gasteiger charge is -2.23. The quantitative estimate of drug-likeness (QED) is 0.643. The van der Waals surface area contributed by atoms with Gasteiger partial charge in [-0.25, -0.2) is 9.07 Å². The molecule has 2 heterocycles. The van der Waals surface area contributed by atoms with Gasteiger partial charge in [-0.3, -0.25) is 4.79 Å².